The summed E-state index contributed by atoms with van der Waals surface area (Å²) in [5.74, 6) is 0.209. The Labute approximate surface area is 96.9 Å². The van der Waals surface area contributed by atoms with Crippen molar-refractivity contribution in [1.29, 1.82) is 0 Å². The van der Waals surface area contributed by atoms with E-state index in [9.17, 15) is 4.79 Å². The molecule has 0 aromatic carbocycles. The first-order valence-corrected chi connectivity index (χ1v) is 5.52. The zero-order valence-corrected chi connectivity index (χ0v) is 10.7. The fraction of sp³-hybridized carbons (Fsp3) is 0.667. The van der Waals surface area contributed by atoms with Crippen LogP contribution in [0.25, 0.3) is 0 Å². The number of nitrogens with one attached hydrogen (secondary N) is 2. The molecule has 4 heteroatoms. The first-order valence-electron chi connectivity index (χ1n) is 5.52. The molecule has 0 saturated carbocycles. The van der Waals surface area contributed by atoms with Crippen LogP contribution in [-0.2, 0) is 0 Å². The topological polar surface area (TPSA) is 57.8 Å². The molecule has 0 saturated heterocycles. The van der Waals surface area contributed by atoms with Crippen LogP contribution in [0.4, 0.5) is 0 Å². The number of H-pyrrole nitrogens is 1. The third-order valence-corrected chi connectivity index (χ3v) is 2.14. The Hall–Kier alpha value is -1.32. The molecule has 1 aromatic heterocycles. The van der Waals surface area contributed by atoms with E-state index in [0.717, 1.165) is 6.42 Å². The standard InChI is InChI=1S/C12H21N3O/c1-11(2,3)8-12(4,5)15-10(16)9-13-6-7-14-9/h6-7H,8H2,1-5H3,(H,13,14)(H,15,16). The Balaban J connectivity index is 2.63. The van der Waals surface area contributed by atoms with E-state index in [-0.39, 0.29) is 16.9 Å². The molecule has 16 heavy (non-hydrogen) atoms. The van der Waals surface area contributed by atoms with Crippen molar-refractivity contribution in [3.05, 3.63) is 18.2 Å². The molecule has 0 radical (unpaired) electrons. The van der Waals surface area contributed by atoms with Gasteiger partial charge in [-0.2, -0.15) is 0 Å². The summed E-state index contributed by atoms with van der Waals surface area (Å²) in [6.07, 6.45) is 4.13. The lowest BCUT2D eigenvalue weighted by Gasteiger charge is -2.33. The molecule has 0 unspecified atom stereocenters. The number of rotatable bonds is 3. The second-order valence-corrected chi connectivity index (χ2v) is 6.01. The van der Waals surface area contributed by atoms with Gasteiger partial charge in [-0.05, 0) is 25.7 Å². The maximum Gasteiger partial charge on any atom is 0.287 e. The van der Waals surface area contributed by atoms with Crippen LogP contribution in [0, 0.1) is 5.41 Å². The zero-order valence-electron chi connectivity index (χ0n) is 10.7. The molecule has 4 nitrogen and oxygen atoms in total. The van der Waals surface area contributed by atoms with Gasteiger partial charge in [0, 0.05) is 17.9 Å². The fourth-order valence-corrected chi connectivity index (χ4v) is 2.13. The van der Waals surface area contributed by atoms with E-state index in [0.29, 0.717) is 5.82 Å². The molecule has 0 aliphatic rings. The summed E-state index contributed by atoms with van der Waals surface area (Å²) in [5, 5.41) is 2.98. The van der Waals surface area contributed by atoms with Gasteiger partial charge in [0.05, 0.1) is 0 Å². The second-order valence-electron chi connectivity index (χ2n) is 6.01. The molecule has 0 aliphatic carbocycles. The summed E-state index contributed by atoms with van der Waals surface area (Å²) in [4.78, 5) is 18.5. The van der Waals surface area contributed by atoms with Gasteiger partial charge >= 0.3 is 0 Å². The van der Waals surface area contributed by atoms with Crippen LogP contribution in [0.1, 0.15) is 51.7 Å². The van der Waals surface area contributed by atoms with Gasteiger partial charge in [-0.25, -0.2) is 4.98 Å². The minimum Gasteiger partial charge on any atom is -0.344 e. The van der Waals surface area contributed by atoms with Gasteiger partial charge in [0.1, 0.15) is 0 Å². The van der Waals surface area contributed by atoms with Crippen LogP contribution in [0.5, 0.6) is 0 Å². The maximum atomic E-state index is 11.8. The summed E-state index contributed by atoms with van der Waals surface area (Å²) in [5.41, 5.74) is -0.0535. The SMILES string of the molecule is CC(C)(C)CC(C)(C)NC(=O)c1ncc[nH]1. The number of carbonyl (C=O) groups excluding carboxylic acids is 1. The monoisotopic (exact) mass is 223 g/mol. The fourth-order valence-electron chi connectivity index (χ4n) is 2.13. The molecule has 0 spiro atoms. The predicted octanol–water partition coefficient (Wildman–Crippen LogP) is 2.35. The molecule has 1 aromatic rings. The minimum atomic E-state index is -0.234. The van der Waals surface area contributed by atoms with Gasteiger partial charge in [-0.3, -0.25) is 4.79 Å². The van der Waals surface area contributed by atoms with Gasteiger partial charge in [0.25, 0.3) is 5.91 Å². The Morgan fingerprint density at radius 3 is 2.44 bits per heavy atom. The second kappa shape index (κ2) is 4.28. The van der Waals surface area contributed by atoms with Crippen LogP contribution < -0.4 is 5.32 Å². The van der Waals surface area contributed by atoms with Crippen LogP contribution >= 0.6 is 0 Å². The molecular formula is C12H21N3O. The highest BCUT2D eigenvalue weighted by atomic mass is 16.2. The lowest BCUT2D eigenvalue weighted by atomic mass is 9.82. The van der Waals surface area contributed by atoms with Crippen LogP contribution in [0.15, 0.2) is 12.4 Å². The predicted molar refractivity (Wildman–Crippen MR) is 64.2 cm³/mol. The minimum absolute atomic E-state index is 0.153. The zero-order chi connectivity index (χ0) is 12.4. The van der Waals surface area contributed by atoms with Crippen molar-refractivity contribution in [3.63, 3.8) is 0 Å². The molecule has 0 fully saturated rings. The molecule has 90 valence electrons. The number of aromatic amines is 1. The molecule has 1 heterocycles. The first kappa shape index (κ1) is 12.7. The molecular weight excluding hydrogens is 202 g/mol. The highest BCUT2D eigenvalue weighted by Crippen LogP contribution is 2.26. The summed E-state index contributed by atoms with van der Waals surface area (Å²) in [6, 6.07) is 0. The van der Waals surface area contributed by atoms with Crippen molar-refractivity contribution < 1.29 is 4.79 Å². The average Bonchev–Trinajstić information content (AvgIpc) is 2.48. The van der Waals surface area contributed by atoms with E-state index in [2.05, 4.69) is 36.1 Å². The first-order chi connectivity index (χ1) is 7.20. The number of aromatic nitrogens is 2. The van der Waals surface area contributed by atoms with E-state index in [4.69, 9.17) is 0 Å². The smallest absolute Gasteiger partial charge is 0.287 e. The van der Waals surface area contributed by atoms with E-state index < -0.39 is 0 Å². The third-order valence-electron chi connectivity index (χ3n) is 2.14. The number of carbonyl (C=O) groups is 1. The normalized spacial score (nSPS) is 12.6. The molecule has 0 aliphatic heterocycles. The van der Waals surface area contributed by atoms with Crippen molar-refractivity contribution in [3.8, 4) is 0 Å². The number of hydrogen-bond donors (Lipinski definition) is 2. The molecule has 1 rings (SSSR count). The Morgan fingerprint density at radius 2 is 2.00 bits per heavy atom. The van der Waals surface area contributed by atoms with Crippen LogP contribution in [-0.4, -0.2) is 21.4 Å². The number of amides is 1. The Kier molecular flexibility index (Phi) is 3.41. The largest absolute Gasteiger partial charge is 0.344 e. The summed E-state index contributed by atoms with van der Waals surface area (Å²) >= 11 is 0. The van der Waals surface area contributed by atoms with Crippen molar-refractivity contribution in [2.24, 2.45) is 5.41 Å². The van der Waals surface area contributed by atoms with Gasteiger partial charge < -0.3 is 10.3 Å². The lowest BCUT2D eigenvalue weighted by Crippen LogP contribution is -2.46. The van der Waals surface area contributed by atoms with E-state index in [1.54, 1.807) is 12.4 Å². The van der Waals surface area contributed by atoms with Crippen molar-refractivity contribution in [1.82, 2.24) is 15.3 Å². The van der Waals surface area contributed by atoms with Crippen molar-refractivity contribution in [2.45, 2.75) is 46.6 Å². The Morgan fingerprint density at radius 1 is 1.38 bits per heavy atom. The van der Waals surface area contributed by atoms with E-state index in [1.807, 2.05) is 13.8 Å². The molecule has 1 amide bonds. The summed E-state index contributed by atoms with van der Waals surface area (Å²) < 4.78 is 0. The quantitative estimate of drug-likeness (QED) is 0.826. The van der Waals surface area contributed by atoms with Gasteiger partial charge in [0.15, 0.2) is 5.82 Å². The van der Waals surface area contributed by atoms with Crippen molar-refractivity contribution >= 4 is 5.91 Å². The highest BCUT2D eigenvalue weighted by Gasteiger charge is 2.27. The van der Waals surface area contributed by atoms with Crippen LogP contribution in [0.2, 0.25) is 0 Å². The lowest BCUT2D eigenvalue weighted by molar-refractivity contribution is 0.0881. The van der Waals surface area contributed by atoms with E-state index >= 15 is 0 Å². The molecule has 2 N–H and O–H groups in total. The average molecular weight is 223 g/mol. The van der Waals surface area contributed by atoms with Crippen LogP contribution in [0.3, 0.4) is 0 Å². The van der Waals surface area contributed by atoms with Gasteiger partial charge in [0.2, 0.25) is 0 Å². The van der Waals surface area contributed by atoms with Gasteiger partial charge in [-0.15, -0.1) is 0 Å². The Bertz CT molecular complexity index is 347. The maximum absolute atomic E-state index is 11.8. The van der Waals surface area contributed by atoms with E-state index in [1.165, 1.54) is 0 Å². The number of nitrogens with zero attached hydrogens (tertiary/aromatic N) is 1. The number of imidazole rings is 1. The highest BCUT2D eigenvalue weighted by molar-refractivity contribution is 5.90. The van der Waals surface area contributed by atoms with Crippen molar-refractivity contribution in [2.75, 3.05) is 0 Å². The van der Waals surface area contributed by atoms with Gasteiger partial charge in [-0.1, -0.05) is 20.8 Å². The summed E-state index contributed by atoms with van der Waals surface area (Å²) in [6.45, 7) is 10.5. The third kappa shape index (κ3) is 4.04. The summed E-state index contributed by atoms with van der Waals surface area (Å²) in [7, 11) is 0. The number of hydrogen-bond acceptors (Lipinski definition) is 2. The molecule has 0 bridgehead atoms. The molecule has 0 atom stereocenters.